The molecule has 9 heteroatoms. The Bertz CT molecular complexity index is 885. The molecule has 0 radical (unpaired) electrons. The third-order valence-corrected chi connectivity index (χ3v) is 10.3. The van der Waals surface area contributed by atoms with Crippen LogP contribution in [0.25, 0.3) is 0 Å². The first-order valence-corrected chi connectivity index (χ1v) is 14.2. The summed E-state index contributed by atoms with van der Waals surface area (Å²) in [6.07, 6.45) is 4.12. The molecular formula is C23H37N3O4S2. The Morgan fingerprint density at radius 1 is 1.06 bits per heavy atom. The van der Waals surface area contributed by atoms with Crippen molar-refractivity contribution in [3.8, 4) is 0 Å². The molecule has 4 heterocycles. The first-order valence-electron chi connectivity index (χ1n) is 12.0. The lowest BCUT2D eigenvalue weighted by Crippen LogP contribution is -2.50. The summed E-state index contributed by atoms with van der Waals surface area (Å²) in [4.78, 5) is 18.7. The number of carbonyl (C=O) groups excluding carboxylic acids is 1. The molecule has 3 saturated heterocycles. The fourth-order valence-corrected chi connectivity index (χ4v) is 8.39. The second kappa shape index (κ2) is 10.1. The maximum Gasteiger partial charge on any atom is 0.252 e. The van der Waals surface area contributed by atoms with Crippen LogP contribution in [0.4, 0.5) is 0 Å². The smallest absolute Gasteiger partial charge is 0.252 e. The fourth-order valence-electron chi connectivity index (χ4n) is 5.43. The minimum absolute atomic E-state index is 0.138. The van der Waals surface area contributed by atoms with Gasteiger partial charge in [0.1, 0.15) is 4.21 Å². The van der Waals surface area contributed by atoms with Crippen molar-refractivity contribution in [2.24, 2.45) is 11.8 Å². The lowest BCUT2D eigenvalue weighted by atomic mass is 9.93. The molecule has 7 nitrogen and oxygen atoms in total. The van der Waals surface area contributed by atoms with Crippen molar-refractivity contribution >= 4 is 27.3 Å². The Morgan fingerprint density at radius 2 is 1.75 bits per heavy atom. The molecule has 0 spiro atoms. The molecule has 3 unspecified atom stereocenters. The number of morpholine rings is 1. The highest BCUT2D eigenvalue weighted by molar-refractivity contribution is 7.91. The number of carbonyl (C=O) groups is 1. The number of likely N-dealkylation sites (tertiary alicyclic amines) is 1. The molecule has 1 amide bonds. The minimum Gasteiger partial charge on any atom is -0.373 e. The molecule has 0 aromatic carbocycles. The number of rotatable bonds is 5. The Kier molecular flexibility index (Phi) is 7.61. The van der Waals surface area contributed by atoms with Crippen LogP contribution in [0.5, 0.6) is 0 Å². The van der Waals surface area contributed by atoms with E-state index in [9.17, 15) is 13.2 Å². The summed E-state index contributed by atoms with van der Waals surface area (Å²) >= 11 is 1.30. The third-order valence-electron chi connectivity index (χ3n) is 6.98. The van der Waals surface area contributed by atoms with Crippen molar-refractivity contribution in [1.29, 1.82) is 0 Å². The van der Waals surface area contributed by atoms with E-state index in [1.54, 1.807) is 6.07 Å². The summed E-state index contributed by atoms with van der Waals surface area (Å²) < 4.78 is 33.8. The van der Waals surface area contributed by atoms with E-state index in [1.807, 2.05) is 17.9 Å². The molecule has 3 aliphatic rings. The van der Waals surface area contributed by atoms with Crippen LogP contribution in [0, 0.1) is 18.8 Å². The highest BCUT2D eigenvalue weighted by Gasteiger charge is 2.37. The van der Waals surface area contributed by atoms with Crippen molar-refractivity contribution in [2.75, 3.05) is 45.8 Å². The zero-order chi connectivity index (χ0) is 22.9. The first kappa shape index (κ1) is 24.1. The number of aryl methyl sites for hydroxylation is 1. The number of nitrogens with zero attached hydrogens (tertiary/aromatic N) is 3. The second-order valence-corrected chi connectivity index (χ2v) is 13.3. The van der Waals surface area contributed by atoms with E-state index in [2.05, 4.69) is 18.7 Å². The summed E-state index contributed by atoms with van der Waals surface area (Å²) in [6.45, 7) is 11.6. The second-order valence-electron chi connectivity index (χ2n) is 9.81. The lowest BCUT2D eigenvalue weighted by Gasteiger charge is -2.40. The number of hydrogen-bond donors (Lipinski definition) is 0. The van der Waals surface area contributed by atoms with Crippen LogP contribution < -0.4 is 0 Å². The van der Waals surface area contributed by atoms with E-state index in [1.165, 1.54) is 15.6 Å². The molecule has 4 rings (SSSR count). The normalized spacial score (nSPS) is 29.3. The summed E-state index contributed by atoms with van der Waals surface area (Å²) in [5.74, 6) is 0.526. The summed E-state index contributed by atoms with van der Waals surface area (Å²) in [5.41, 5.74) is 0. The Hall–Kier alpha value is -1.00. The Morgan fingerprint density at radius 3 is 2.38 bits per heavy atom. The van der Waals surface area contributed by atoms with Gasteiger partial charge in [0.2, 0.25) is 5.91 Å². The quantitative estimate of drug-likeness (QED) is 0.644. The van der Waals surface area contributed by atoms with E-state index >= 15 is 0 Å². The van der Waals surface area contributed by atoms with Gasteiger partial charge in [0.25, 0.3) is 10.0 Å². The zero-order valence-electron chi connectivity index (χ0n) is 19.5. The van der Waals surface area contributed by atoms with Crippen LogP contribution in [-0.2, 0) is 19.6 Å². The van der Waals surface area contributed by atoms with E-state index in [0.29, 0.717) is 23.2 Å². The summed E-state index contributed by atoms with van der Waals surface area (Å²) in [5, 5.41) is 0. The highest BCUT2D eigenvalue weighted by Crippen LogP contribution is 2.30. The molecule has 1 aromatic heterocycles. The van der Waals surface area contributed by atoms with E-state index < -0.39 is 10.0 Å². The topological polar surface area (TPSA) is 70.2 Å². The molecule has 180 valence electrons. The molecular weight excluding hydrogens is 446 g/mol. The van der Waals surface area contributed by atoms with Gasteiger partial charge in [0, 0.05) is 50.7 Å². The molecule has 0 saturated carbocycles. The molecule has 0 N–H and O–H groups in total. The molecule has 3 atom stereocenters. The number of thiophene rings is 1. The van der Waals surface area contributed by atoms with Gasteiger partial charge < -0.3 is 9.64 Å². The van der Waals surface area contributed by atoms with Crippen LogP contribution in [0.2, 0.25) is 0 Å². The van der Waals surface area contributed by atoms with Gasteiger partial charge in [0.15, 0.2) is 0 Å². The molecule has 1 aromatic rings. The van der Waals surface area contributed by atoms with Crippen LogP contribution >= 0.6 is 11.3 Å². The maximum absolute atomic E-state index is 13.2. The lowest BCUT2D eigenvalue weighted by molar-refractivity contribution is -0.138. The van der Waals surface area contributed by atoms with Gasteiger partial charge in [-0.2, -0.15) is 4.31 Å². The van der Waals surface area contributed by atoms with Crippen LogP contribution in [0.1, 0.15) is 44.4 Å². The van der Waals surface area contributed by atoms with Gasteiger partial charge in [-0.25, -0.2) is 8.42 Å². The summed E-state index contributed by atoms with van der Waals surface area (Å²) in [7, 11) is -3.51. The molecule has 0 bridgehead atoms. The van der Waals surface area contributed by atoms with E-state index in [4.69, 9.17) is 4.74 Å². The van der Waals surface area contributed by atoms with E-state index in [-0.39, 0.29) is 24.0 Å². The van der Waals surface area contributed by atoms with Gasteiger partial charge in [-0.3, -0.25) is 9.69 Å². The molecule has 0 aliphatic carbocycles. The number of piperidine rings is 2. The van der Waals surface area contributed by atoms with E-state index in [0.717, 1.165) is 63.3 Å². The van der Waals surface area contributed by atoms with Crippen molar-refractivity contribution in [2.45, 2.75) is 62.9 Å². The molecule has 3 fully saturated rings. The largest absolute Gasteiger partial charge is 0.373 e. The molecule has 32 heavy (non-hydrogen) atoms. The zero-order valence-corrected chi connectivity index (χ0v) is 21.2. The minimum atomic E-state index is -3.51. The maximum atomic E-state index is 13.2. The number of sulfonamides is 1. The average molecular weight is 484 g/mol. The van der Waals surface area contributed by atoms with Gasteiger partial charge in [-0.05, 0) is 64.5 Å². The van der Waals surface area contributed by atoms with Crippen molar-refractivity contribution < 1.29 is 17.9 Å². The van der Waals surface area contributed by atoms with Crippen LogP contribution in [-0.4, -0.2) is 86.5 Å². The number of ether oxygens (including phenoxy) is 1. The standard InChI is InChI=1S/C23H37N3O4S2/c1-17-13-24(14-18(2)30-17)15-20-8-11-25(12-9-20)23(27)21-5-4-10-26(16-21)32(28,29)22-7-6-19(3)31-22/h6-7,17-18,20-21H,4-5,8-16H2,1-3H3. The summed E-state index contributed by atoms with van der Waals surface area (Å²) in [6, 6.07) is 3.52. The van der Waals surface area contributed by atoms with Crippen molar-refractivity contribution in [3.63, 3.8) is 0 Å². The Balaban J connectivity index is 1.29. The first-order chi connectivity index (χ1) is 15.2. The SMILES string of the molecule is Cc1ccc(S(=O)(=O)N2CCCC(C(=O)N3CCC(CN4CC(C)OC(C)C4)CC3)C2)s1. The van der Waals surface area contributed by atoms with Gasteiger partial charge >= 0.3 is 0 Å². The molecule has 3 aliphatic heterocycles. The fraction of sp³-hybridized carbons (Fsp3) is 0.783. The third kappa shape index (κ3) is 5.55. The number of hydrogen-bond acceptors (Lipinski definition) is 6. The van der Waals surface area contributed by atoms with Gasteiger partial charge in [-0.1, -0.05) is 0 Å². The predicted octanol–water partition coefficient (Wildman–Crippen LogP) is 2.81. The Labute approximate surface area is 196 Å². The highest BCUT2D eigenvalue weighted by atomic mass is 32.2. The average Bonchev–Trinajstić information content (AvgIpc) is 3.20. The predicted molar refractivity (Wildman–Crippen MR) is 126 cm³/mol. The van der Waals surface area contributed by atoms with Crippen molar-refractivity contribution in [3.05, 3.63) is 17.0 Å². The number of amides is 1. The van der Waals surface area contributed by atoms with Gasteiger partial charge in [0.05, 0.1) is 18.1 Å². The monoisotopic (exact) mass is 483 g/mol. The van der Waals surface area contributed by atoms with Crippen molar-refractivity contribution in [1.82, 2.24) is 14.1 Å². The van der Waals surface area contributed by atoms with Crippen LogP contribution in [0.15, 0.2) is 16.3 Å². The van der Waals surface area contributed by atoms with Crippen LogP contribution in [0.3, 0.4) is 0 Å². The van der Waals surface area contributed by atoms with Gasteiger partial charge in [-0.15, -0.1) is 11.3 Å².